The smallest absolute Gasteiger partial charge is 0.00837 e. The van der Waals surface area contributed by atoms with Crippen molar-refractivity contribution in [2.45, 2.75) is 19.8 Å². The first kappa shape index (κ1) is 7.65. The lowest BCUT2D eigenvalue weighted by Gasteiger charge is -1.88. The summed E-state index contributed by atoms with van der Waals surface area (Å²) in [5.41, 5.74) is 0. The van der Waals surface area contributed by atoms with Gasteiger partial charge >= 0.3 is 0 Å². The van der Waals surface area contributed by atoms with Crippen LogP contribution in [0.3, 0.4) is 0 Å². The number of hydrogen-bond donors (Lipinski definition) is 0. The minimum Gasteiger partial charge on any atom is -0.0654 e. The molecule has 0 atom stereocenters. The Hall–Kier alpha value is 0.651. The van der Waals surface area contributed by atoms with Crippen LogP contribution in [0.4, 0.5) is 0 Å². The van der Waals surface area contributed by atoms with Gasteiger partial charge in [0.15, 0.2) is 0 Å². The maximum Gasteiger partial charge on any atom is 0.00837 e. The Balaban J connectivity index is 2.45. The van der Waals surface area contributed by atoms with Crippen LogP contribution >= 0.6 is 0 Å². The van der Waals surface area contributed by atoms with Crippen LogP contribution in [-0.2, 0) is 0 Å². The molecule has 0 amide bonds. The van der Waals surface area contributed by atoms with Crippen molar-refractivity contribution in [1.82, 2.24) is 0 Å². The fraction of sp³-hybridized carbons (Fsp3) is 0.750. The molecule has 0 rings (SSSR count). The van der Waals surface area contributed by atoms with E-state index in [1.54, 1.807) is 9.76 Å². The van der Waals surface area contributed by atoms with Crippen molar-refractivity contribution in [2.24, 2.45) is 0 Å². The molecule has 0 saturated carbocycles. The highest BCUT2D eigenvalue weighted by Crippen LogP contribution is 1.87. The molecule has 0 aliphatic carbocycles. The SMILES string of the molecule is CCC[CH][SiH2][SiH2][SiH3]. The van der Waals surface area contributed by atoms with Gasteiger partial charge in [-0.25, -0.2) is 0 Å². The maximum absolute atomic E-state index is 2.60. The molecule has 7 heavy (non-hydrogen) atoms. The zero-order valence-corrected chi connectivity index (χ0v) is 10.2. The van der Waals surface area contributed by atoms with E-state index in [1.807, 2.05) is 0 Å². The highest BCUT2D eigenvalue weighted by atomic mass is 29.5. The van der Waals surface area contributed by atoms with E-state index < -0.39 is 0 Å². The van der Waals surface area contributed by atoms with Crippen LogP contribution < -0.4 is 0 Å². The van der Waals surface area contributed by atoms with Gasteiger partial charge < -0.3 is 0 Å². The second-order valence-electron chi connectivity index (χ2n) is 1.87. The van der Waals surface area contributed by atoms with Crippen molar-refractivity contribution < 1.29 is 0 Å². The molecule has 0 aromatic carbocycles. The van der Waals surface area contributed by atoms with Crippen molar-refractivity contribution in [1.29, 1.82) is 0 Å². The third kappa shape index (κ3) is 6.65. The largest absolute Gasteiger partial charge is 0.0654 e. The molecule has 0 saturated heterocycles. The zero-order valence-electron chi connectivity index (χ0n) is 5.41. The predicted molar refractivity (Wildman–Crippen MR) is 46.2 cm³/mol. The lowest BCUT2D eigenvalue weighted by Crippen LogP contribution is -2.02. The van der Waals surface area contributed by atoms with Crippen LogP contribution in [0.2, 0.25) is 0 Å². The summed E-state index contributed by atoms with van der Waals surface area (Å²) in [6.07, 6.45) is 2.80. The molecule has 0 spiro atoms. The van der Waals surface area contributed by atoms with Gasteiger partial charge in [-0.1, -0.05) is 25.8 Å². The second kappa shape index (κ2) is 6.65. The van der Waals surface area contributed by atoms with E-state index in [0.717, 1.165) is 0 Å². The molecule has 0 fully saturated rings. The van der Waals surface area contributed by atoms with Gasteiger partial charge in [-0.15, -0.1) is 0 Å². The first-order valence-corrected chi connectivity index (χ1v) is 13.7. The maximum atomic E-state index is 2.60. The molecule has 0 aliphatic heterocycles. The molecule has 43 valence electrons. The van der Waals surface area contributed by atoms with Crippen molar-refractivity contribution in [3.8, 4) is 0 Å². The van der Waals surface area contributed by atoms with Crippen LogP contribution in [0.1, 0.15) is 19.8 Å². The first-order chi connectivity index (χ1) is 3.41. The molecule has 1 radical (unpaired) electrons. The topological polar surface area (TPSA) is 0 Å². The molecule has 0 aromatic rings. The zero-order chi connectivity index (χ0) is 5.54. The molecule has 0 nitrogen and oxygen atoms in total. The third-order valence-corrected chi connectivity index (χ3v) is 10.5. The summed E-state index contributed by atoms with van der Waals surface area (Å²) >= 11 is 0. The van der Waals surface area contributed by atoms with Crippen LogP contribution in [0.25, 0.3) is 0 Å². The fourth-order valence-electron chi connectivity index (χ4n) is 0.553. The van der Waals surface area contributed by atoms with Gasteiger partial charge in [0.25, 0.3) is 0 Å². The Bertz CT molecular complexity index is 26.1. The average molecular weight is 147 g/mol. The van der Waals surface area contributed by atoms with Gasteiger partial charge in [0.1, 0.15) is 0 Å². The number of unbranched alkanes of at least 4 members (excludes halogenated alkanes) is 1. The standard InChI is InChI=1S/C4H15Si3/c1-2-3-4-6-7-5/h4H,2-3,6-7H2,1,5H3. The van der Waals surface area contributed by atoms with Crippen molar-refractivity contribution in [2.75, 3.05) is 0 Å². The van der Waals surface area contributed by atoms with Crippen molar-refractivity contribution >= 4 is 27.4 Å². The minimum atomic E-state index is 0.486. The van der Waals surface area contributed by atoms with Gasteiger partial charge in [-0.3, -0.25) is 0 Å². The molecule has 3 heteroatoms. The Kier molecular flexibility index (Phi) is 7.27. The van der Waals surface area contributed by atoms with Crippen molar-refractivity contribution in [3.63, 3.8) is 0 Å². The number of hydrogen-bond acceptors (Lipinski definition) is 0. The monoisotopic (exact) mass is 147 g/mol. The van der Waals surface area contributed by atoms with Gasteiger partial charge in [0, 0.05) is 9.04 Å². The van der Waals surface area contributed by atoms with Crippen LogP contribution in [0, 0.1) is 6.04 Å². The number of rotatable bonds is 4. The summed E-state index contributed by atoms with van der Waals surface area (Å²) < 4.78 is 0. The van der Waals surface area contributed by atoms with Gasteiger partial charge in [0.05, 0.1) is 0 Å². The molecule has 0 aromatic heterocycles. The first-order valence-electron chi connectivity index (χ1n) is 3.23. The summed E-state index contributed by atoms with van der Waals surface area (Å²) in [4.78, 5) is 0. The highest BCUT2D eigenvalue weighted by molar-refractivity contribution is 7.24. The Labute approximate surface area is 53.7 Å². The Morgan fingerprint density at radius 1 is 1.71 bits per heavy atom. The molecule has 0 bridgehead atoms. The van der Waals surface area contributed by atoms with E-state index in [4.69, 9.17) is 0 Å². The van der Waals surface area contributed by atoms with Crippen LogP contribution in [0.15, 0.2) is 0 Å². The van der Waals surface area contributed by atoms with Gasteiger partial charge in [-0.2, -0.15) is 0 Å². The van der Waals surface area contributed by atoms with Crippen LogP contribution in [0.5, 0.6) is 0 Å². The van der Waals surface area contributed by atoms with Gasteiger partial charge in [-0.05, 0) is 18.3 Å². The fourth-order valence-corrected chi connectivity index (χ4v) is 7.42. The summed E-state index contributed by atoms with van der Waals surface area (Å²) in [6, 6.07) is 2.60. The van der Waals surface area contributed by atoms with E-state index in [-0.39, 0.29) is 0 Å². The van der Waals surface area contributed by atoms with E-state index in [2.05, 4.69) is 13.0 Å². The molecule has 0 unspecified atom stereocenters. The summed E-state index contributed by atoms with van der Waals surface area (Å²) in [7, 11) is 2.68. The lowest BCUT2D eigenvalue weighted by atomic mass is 10.4. The third-order valence-electron chi connectivity index (χ3n) is 0.986. The molecule has 0 aliphatic rings. The van der Waals surface area contributed by atoms with Crippen LogP contribution in [-0.4, -0.2) is 27.4 Å². The van der Waals surface area contributed by atoms with E-state index >= 15 is 0 Å². The normalized spacial score (nSPS) is 13.3. The van der Waals surface area contributed by atoms with Crippen molar-refractivity contribution in [3.05, 3.63) is 6.04 Å². The van der Waals surface area contributed by atoms with Gasteiger partial charge in [0.2, 0.25) is 0 Å². The molecule has 0 heterocycles. The summed E-state index contributed by atoms with van der Waals surface area (Å²) in [5, 5.41) is 0. The summed E-state index contributed by atoms with van der Waals surface area (Å²) in [6.45, 7) is 2.26. The summed E-state index contributed by atoms with van der Waals surface area (Å²) in [5.74, 6) is 0. The van der Waals surface area contributed by atoms with E-state index in [0.29, 0.717) is 17.6 Å². The second-order valence-corrected chi connectivity index (χ2v) is 17.8. The predicted octanol–water partition coefficient (Wildman–Crippen LogP) is -1.52. The minimum absolute atomic E-state index is 0.486. The van der Waals surface area contributed by atoms with E-state index in [9.17, 15) is 0 Å². The highest BCUT2D eigenvalue weighted by Gasteiger charge is 1.82. The Morgan fingerprint density at radius 3 is 2.86 bits per heavy atom. The quantitative estimate of drug-likeness (QED) is 0.335. The lowest BCUT2D eigenvalue weighted by molar-refractivity contribution is 0.941. The molecular formula is C4H15Si3. The average Bonchev–Trinajstić information content (AvgIpc) is 1.69. The van der Waals surface area contributed by atoms with E-state index in [1.165, 1.54) is 12.8 Å². The molecule has 0 N–H and O–H groups in total. The Morgan fingerprint density at radius 2 is 2.43 bits per heavy atom. The molecular weight excluding hydrogens is 132 g/mol.